The van der Waals surface area contributed by atoms with Crippen molar-refractivity contribution in [2.24, 2.45) is 0 Å². The molecule has 0 saturated heterocycles. The van der Waals surface area contributed by atoms with Crippen LogP contribution in [0.4, 0.5) is 0 Å². The van der Waals surface area contributed by atoms with Crippen LogP contribution in [0.3, 0.4) is 0 Å². The van der Waals surface area contributed by atoms with Crippen molar-refractivity contribution >= 4 is 29.1 Å². The standard InChI is InChI=1S/C25H29N3O5/c1-4-26-23(31)16(2)14-19-21-24(32-17(3)10-8-9-13-20(29)30)27-15-28-25(21)33-22(19)18-11-6-5-7-12-18/h5-7,11-12,14-15,17H,4,8-10,13H2,1-3H3,(H,26,31)(H,29,30)/b16-14+. The zero-order valence-corrected chi connectivity index (χ0v) is 19.1. The van der Waals surface area contributed by atoms with Gasteiger partial charge in [0, 0.05) is 29.7 Å². The van der Waals surface area contributed by atoms with E-state index in [9.17, 15) is 9.59 Å². The second kappa shape index (κ2) is 11.3. The van der Waals surface area contributed by atoms with E-state index in [4.69, 9.17) is 14.3 Å². The van der Waals surface area contributed by atoms with Gasteiger partial charge in [-0.15, -0.1) is 0 Å². The van der Waals surface area contributed by atoms with E-state index in [0.29, 0.717) is 53.3 Å². The maximum atomic E-state index is 12.4. The molecule has 0 radical (unpaired) electrons. The number of carboxylic acids is 1. The number of amides is 1. The summed E-state index contributed by atoms with van der Waals surface area (Å²) in [5, 5.41) is 12.2. The van der Waals surface area contributed by atoms with Crippen LogP contribution in [0.1, 0.15) is 52.0 Å². The van der Waals surface area contributed by atoms with Crippen LogP contribution >= 0.6 is 0 Å². The van der Waals surface area contributed by atoms with Gasteiger partial charge in [0.25, 0.3) is 0 Å². The van der Waals surface area contributed by atoms with Crippen LogP contribution in [-0.4, -0.2) is 39.6 Å². The number of carbonyl (C=O) groups excluding carboxylic acids is 1. The molecule has 1 atom stereocenters. The average molecular weight is 452 g/mol. The number of aromatic nitrogens is 2. The van der Waals surface area contributed by atoms with E-state index in [0.717, 1.165) is 12.0 Å². The smallest absolute Gasteiger partial charge is 0.303 e. The summed E-state index contributed by atoms with van der Waals surface area (Å²) in [6.45, 7) is 6.06. The first-order chi connectivity index (χ1) is 15.9. The van der Waals surface area contributed by atoms with Crippen LogP contribution in [0.25, 0.3) is 28.5 Å². The lowest BCUT2D eigenvalue weighted by molar-refractivity contribution is -0.137. The third-order valence-corrected chi connectivity index (χ3v) is 5.15. The number of hydrogen-bond donors (Lipinski definition) is 2. The molecule has 1 aromatic carbocycles. The van der Waals surface area contributed by atoms with Crippen LogP contribution in [-0.2, 0) is 9.59 Å². The summed E-state index contributed by atoms with van der Waals surface area (Å²) >= 11 is 0. The molecule has 0 aliphatic rings. The van der Waals surface area contributed by atoms with Gasteiger partial charge in [0.1, 0.15) is 17.5 Å². The number of furan rings is 1. The van der Waals surface area contributed by atoms with Gasteiger partial charge in [0.15, 0.2) is 0 Å². The highest BCUT2D eigenvalue weighted by Crippen LogP contribution is 2.38. The molecular formula is C25H29N3O5. The molecule has 0 bridgehead atoms. The van der Waals surface area contributed by atoms with Gasteiger partial charge in [-0.3, -0.25) is 9.59 Å². The summed E-state index contributed by atoms with van der Waals surface area (Å²) in [5.41, 5.74) is 2.41. The first-order valence-electron chi connectivity index (χ1n) is 11.1. The van der Waals surface area contributed by atoms with Gasteiger partial charge in [0.2, 0.25) is 17.5 Å². The highest BCUT2D eigenvalue weighted by atomic mass is 16.5. The van der Waals surface area contributed by atoms with Gasteiger partial charge in [-0.2, -0.15) is 0 Å². The molecule has 1 unspecified atom stereocenters. The Labute approximate surface area is 192 Å². The minimum absolute atomic E-state index is 0.140. The number of carboxylic acid groups (broad SMARTS) is 1. The molecule has 2 N–H and O–H groups in total. The van der Waals surface area contributed by atoms with E-state index < -0.39 is 5.97 Å². The molecule has 2 aromatic heterocycles. The van der Waals surface area contributed by atoms with Crippen molar-refractivity contribution < 1.29 is 23.8 Å². The van der Waals surface area contributed by atoms with Gasteiger partial charge < -0.3 is 19.6 Å². The SMILES string of the molecule is CCNC(=O)/C(C)=C/c1c(-c2ccccc2)oc2ncnc(OC(C)CCCCC(=O)O)c12. The second-order valence-corrected chi connectivity index (χ2v) is 7.82. The minimum Gasteiger partial charge on any atom is -0.481 e. The Balaban J connectivity index is 2.00. The minimum atomic E-state index is -0.799. The summed E-state index contributed by atoms with van der Waals surface area (Å²) < 4.78 is 12.2. The van der Waals surface area contributed by atoms with Crippen molar-refractivity contribution in [2.75, 3.05) is 6.54 Å². The number of hydrogen-bond acceptors (Lipinski definition) is 6. The number of likely N-dealkylation sites (N-methyl/N-ethyl adjacent to an activating group) is 1. The van der Waals surface area contributed by atoms with Crippen molar-refractivity contribution in [1.29, 1.82) is 0 Å². The van der Waals surface area contributed by atoms with Crippen molar-refractivity contribution in [3.05, 3.63) is 47.8 Å². The fourth-order valence-corrected chi connectivity index (χ4v) is 3.50. The first-order valence-corrected chi connectivity index (χ1v) is 11.1. The number of ether oxygens (including phenoxy) is 1. The highest BCUT2D eigenvalue weighted by molar-refractivity contribution is 6.03. The van der Waals surface area contributed by atoms with Crippen LogP contribution < -0.4 is 10.1 Å². The molecular weight excluding hydrogens is 422 g/mol. The summed E-state index contributed by atoms with van der Waals surface area (Å²) in [4.78, 5) is 31.7. The third kappa shape index (κ3) is 6.19. The van der Waals surface area contributed by atoms with E-state index in [2.05, 4.69) is 15.3 Å². The van der Waals surface area contributed by atoms with Gasteiger partial charge in [0.05, 0.1) is 6.10 Å². The number of benzene rings is 1. The number of fused-ring (bicyclic) bond motifs is 1. The topological polar surface area (TPSA) is 115 Å². The van der Waals surface area contributed by atoms with Crippen molar-refractivity contribution in [2.45, 2.75) is 52.6 Å². The van der Waals surface area contributed by atoms with Gasteiger partial charge >= 0.3 is 5.97 Å². The lowest BCUT2D eigenvalue weighted by Crippen LogP contribution is -2.23. The van der Waals surface area contributed by atoms with Gasteiger partial charge in [-0.05, 0) is 46.1 Å². The normalized spacial score (nSPS) is 12.5. The van der Waals surface area contributed by atoms with Crippen LogP contribution in [0.5, 0.6) is 5.88 Å². The number of nitrogens with one attached hydrogen (secondary N) is 1. The monoisotopic (exact) mass is 451 g/mol. The molecule has 0 aliphatic heterocycles. The predicted molar refractivity (Wildman–Crippen MR) is 126 cm³/mol. The van der Waals surface area contributed by atoms with Crippen molar-refractivity contribution in [3.8, 4) is 17.2 Å². The quantitative estimate of drug-likeness (QED) is 0.317. The van der Waals surface area contributed by atoms with Crippen LogP contribution in [0.15, 0.2) is 46.6 Å². The Morgan fingerprint density at radius 2 is 1.97 bits per heavy atom. The first kappa shape index (κ1) is 24.0. The number of rotatable bonds is 11. The fraction of sp³-hybridized carbons (Fsp3) is 0.360. The molecule has 0 fully saturated rings. The highest BCUT2D eigenvalue weighted by Gasteiger charge is 2.22. The van der Waals surface area contributed by atoms with E-state index >= 15 is 0 Å². The van der Waals surface area contributed by atoms with Gasteiger partial charge in [-0.1, -0.05) is 30.3 Å². The molecule has 33 heavy (non-hydrogen) atoms. The number of nitrogens with zero attached hydrogens (tertiary/aromatic N) is 2. The summed E-state index contributed by atoms with van der Waals surface area (Å²) in [7, 11) is 0. The largest absolute Gasteiger partial charge is 0.481 e. The zero-order valence-electron chi connectivity index (χ0n) is 19.1. The molecule has 2 heterocycles. The van der Waals surface area contributed by atoms with Crippen molar-refractivity contribution in [1.82, 2.24) is 15.3 Å². The van der Waals surface area contributed by atoms with E-state index in [1.165, 1.54) is 6.33 Å². The molecule has 1 amide bonds. The zero-order chi connectivity index (χ0) is 23.8. The molecule has 174 valence electrons. The summed E-state index contributed by atoms with van der Waals surface area (Å²) in [6, 6.07) is 9.59. The molecule has 0 spiro atoms. The maximum absolute atomic E-state index is 12.4. The van der Waals surface area contributed by atoms with Crippen LogP contribution in [0.2, 0.25) is 0 Å². The molecule has 3 aromatic rings. The predicted octanol–water partition coefficient (Wildman–Crippen LogP) is 4.84. The second-order valence-electron chi connectivity index (χ2n) is 7.82. The lowest BCUT2D eigenvalue weighted by Gasteiger charge is -2.14. The number of carbonyl (C=O) groups is 2. The Bertz CT molecular complexity index is 1140. The Kier molecular flexibility index (Phi) is 8.18. The summed E-state index contributed by atoms with van der Waals surface area (Å²) in [5.74, 6) is -0.0240. The van der Waals surface area contributed by atoms with Crippen molar-refractivity contribution in [3.63, 3.8) is 0 Å². The average Bonchev–Trinajstić information content (AvgIpc) is 3.16. The van der Waals surface area contributed by atoms with E-state index in [-0.39, 0.29) is 18.4 Å². The van der Waals surface area contributed by atoms with E-state index in [1.54, 1.807) is 13.0 Å². The molecule has 3 rings (SSSR count). The maximum Gasteiger partial charge on any atom is 0.303 e. The van der Waals surface area contributed by atoms with Gasteiger partial charge in [-0.25, -0.2) is 9.97 Å². The number of aliphatic carboxylic acids is 1. The van der Waals surface area contributed by atoms with Crippen LogP contribution in [0, 0.1) is 0 Å². The van der Waals surface area contributed by atoms with E-state index in [1.807, 2.05) is 44.2 Å². The Morgan fingerprint density at radius 3 is 2.67 bits per heavy atom. The molecule has 0 saturated carbocycles. The Morgan fingerprint density at radius 1 is 1.21 bits per heavy atom. The Hall–Kier alpha value is -3.68. The summed E-state index contributed by atoms with van der Waals surface area (Å²) in [6.07, 6.45) is 5.11. The third-order valence-electron chi connectivity index (χ3n) is 5.15. The lowest BCUT2D eigenvalue weighted by atomic mass is 10.0. The molecule has 8 heteroatoms. The molecule has 0 aliphatic carbocycles. The fourth-order valence-electron chi connectivity index (χ4n) is 3.50. The molecule has 8 nitrogen and oxygen atoms in total. The number of unbranched alkanes of at least 4 members (excludes halogenated alkanes) is 1.